The molecular weight excluding hydrogens is 288 g/mol. The van der Waals surface area contributed by atoms with Crippen LogP contribution in [0.4, 0.5) is 0 Å². The van der Waals surface area contributed by atoms with Crippen LogP contribution in [0.2, 0.25) is 0 Å². The van der Waals surface area contributed by atoms with E-state index in [1.165, 1.54) is 13.3 Å². The summed E-state index contributed by atoms with van der Waals surface area (Å²) >= 11 is 0. The van der Waals surface area contributed by atoms with Crippen LogP contribution < -0.4 is 0 Å². The second kappa shape index (κ2) is 8.45. The van der Waals surface area contributed by atoms with Gasteiger partial charge in [0.2, 0.25) is 6.29 Å². The standard InChI is InChI=1S/C15H20N2O5/c1-19-10-13(17-22-14-5-3-4-8-21-14)12-9-11(6-7-16-12)15(18)20-2/h6-7,9,14H,3-5,8,10H2,1-2H3/b17-13+. The number of oxime groups is 1. The van der Waals surface area contributed by atoms with Crippen LogP contribution in [0.15, 0.2) is 23.5 Å². The number of aromatic nitrogens is 1. The monoisotopic (exact) mass is 308 g/mol. The molecule has 0 amide bonds. The fraction of sp³-hybridized carbons (Fsp3) is 0.533. The number of pyridine rings is 1. The van der Waals surface area contributed by atoms with Crippen molar-refractivity contribution in [1.82, 2.24) is 4.98 Å². The number of carbonyl (C=O) groups is 1. The van der Waals surface area contributed by atoms with E-state index in [-0.39, 0.29) is 12.9 Å². The van der Waals surface area contributed by atoms with Crippen molar-refractivity contribution < 1.29 is 23.8 Å². The minimum Gasteiger partial charge on any atom is -0.465 e. The normalized spacial score (nSPS) is 18.8. The summed E-state index contributed by atoms with van der Waals surface area (Å²) in [6.07, 6.45) is 4.07. The molecule has 1 aliphatic heterocycles. The molecular formula is C15H20N2O5. The lowest BCUT2D eigenvalue weighted by molar-refractivity contribution is -0.162. The fourth-order valence-electron chi connectivity index (χ4n) is 2.03. The largest absolute Gasteiger partial charge is 0.465 e. The minimum absolute atomic E-state index is 0.213. The summed E-state index contributed by atoms with van der Waals surface area (Å²) in [7, 11) is 2.88. The topological polar surface area (TPSA) is 79.2 Å². The molecule has 1 fully saturated rings. The number of hydrogen-bond donors (Lipinski definition) is 0. The number of nitrogens with zero attached hydrogens (tertiary/aromatic N) is 2. The van der Waals surface area contributed by atoms with Gasteiger partial charge >= 0.3 is 5.97 Å². The zero-order chi connectivity index (χ0) is 15.8. The minimum atomic E-state index is -0.433. The highest BCUT2D eigenvalue weighted by Gasteiger charge is 2.16. The molecule has 1 aliphatic rings. The lowest BCUT2D eigenvalue weighted by atomic mass is 10.2. The quantitative estimate of drug-likeness (QED) is 0.452. The number of carbonyl (C=O) groups excluding carboxylic acids is 1. The van der Waals surface area contributed by atoms with Gasteiger partial charge in [-0.05, 0) is 25.0 Å². The van der Waals surface area contributed by atoms with E-state index in [0.717, 1.165) is 19.3 Å². The van der Waals surface area contributed by atoms with Crippen molar-refractivity contribution in [2.75, 3.05) is 27.4 Å². The van der Waals surface area contributed by atoms with E-state index in [2.05, 4.69) is 10.1 Å². The Morgan fingerprint density at radius 3 is 3.00 bits per heavy atom. The average molecular weight is 308 g/mol. The molecule has 1 aromatic rings. The van der Waals surface area contributed by atoms with Crippen LogP contribution in [0.5, 0.6) is 0 Å². The molecule has 1 atom stereocenters. The Kier molecular flexibility index (Phi) is 6.29. The molecule has 0 radical (unpaired) electrons. The Labute approximate surface area is 129 Å². The predicted molar refractivity (Wildman–Crippen MR) is 78.7 cm³/mol. The summed E-state index contributed by atoms with van der Waals surface area (Å²) in [5.41, 5.74) is 1.38. The summed E-state index contributed by atoms with van der Waals surface area (Å²) in [4.78, 5) is 21.2. The zero-order valence-electron chi connectivity index (χ0n) is 12.8. The van der Waals surface area contributed by atoms with Crippen molar-refractivity contribution in [3.05, 3.63) is 29.6 Å². The van der Waals surface area contributed by atoms with Crippen LogP contribution in [0.1, 0.15) is 35.3 Å². The van der Waals surface area contributed by atoms with Crippen LogP contribution in [-0.4, -0.2) is 50.4 Å². The van der Waals surface area contributed by atoms with Gasteiger partial charge in [-0.15, -0.1) is 0 Å². The first-order valence-corrected chi connectivity index (χ1v) is 7.12. The average Bonchev–Trinajstić information content (AvgIpc) is 2.59. The highest BCUT2D eigenvalue weighted by molar-refractivity contribution is 6.01. The van der Waals surface area contributed by atoms with Gasteiger partial charge in [0, 0.05) is 19.7 Å². The van der Waals surface area contributed by atoms with Gasteiger partial charge in [-0.25, -0.2) is 4.79 Å². The zero-order valence-corrected chi connectivity index (χ0v) is 12.8. The second-order valence-corrected chi connectivity index (χ2v) is 4.79. The van der Waals surface area contributed by atoms with E-state index in [1.54, 1.807) is 19.2 Å². The van der Waals surface area contributed by atoms with Gasteiger partial charge in [-0.3, -0.25) is 4.98 Å². The fourth-order valence-corrected chi connectivity index (χ4v) is 2.03. The van der Waals surface area contributed by atoms with Gasteiger partial charge in [0.05, 0.1) is 31.6 Å². The van der Waals surface area contributed by atoms with Gasteiger partial charge < -0.3 is 19.0 Å². The Hall–Kier alpha value is -1.99. The van der Waals surface area contributed by atoms with Gasteiger partial charge in [0.25, 0.3) is 0 Å². The van der Waals surface area contributed by atoms with Crippen LogP contribution in [0.25, 0.3) is 0 Å². The summed E-state index contributed by atoms with van der Waals surface area (Å²) in [6, 6.07) is 3.17. The number of rotatable bonds is 6. The lowest BCUT2D eigenvalue weighted by Gasteiger charge is -2.20. The number of hydrogen-bond acceptors (Lipinski definition) is 7. The molecule has 0 aliphatic carbocycles. The molecule has 0 bridgehead atoms. The molecule has 0 saturated carbocycles. The summed E-state index contributed by atoms with van der Waals surface area (Å²) in [5, 5.41) is 4.09. The van der Waals surface area contributed by atoms with E-state index in [1.807, 2.05) is 0 Å². The Morgan fingerprint density at radius 2 is 2.32 bits per heavy atom. The number of methoxy groups -OCH3 is 2. The highest BCUT2D eigenvalue weighted by atomic mass is 16.8. The highest BCUT2D eigenvalue weighted by Crippen LogP contribution is 2.14. The van der Waals surface area contributed by atoms with E-state index < -0.39 is 5.97 Å². The van der Waals surface area contributed by atoms with Crippen molar-refractivity contribution in [2.45, 2.75) is 25.6 Å². The van der Waals surface area contributed by atoms with Gasteiger partial charge in [-0.2, -0.15) is 0 Å². The third-order valence-electron chi connectivity index (χ3n) is 3.18. The number of ether oxygens (including phenoxy) is 3. The van der Waals surface area contributed by atoms with Crippen LogP contribution in [0, 0.1) is 0 Å². The van der Waals surface area contributed by atoms with Gasteiger partial charge in [0.15, 0.2) is 0 Å². The molecule has 0 spiro atoms. The first-order chi connectivity index (χ1) is 10.7. The van der Waals surface area contributed by atoms with Crippen molar-refractivity contribution in [1.29, 1.82) is 0 Å². The van der Waals surface area contributed by atoms with Crippen molar-refractivity contribution in [3.63, 3.8) is 0 Å². The maximum absolute atomic E-state index is 11.6. The smallest absolute Gasteiger partial charge is 0.337 e. The maximum Gasteiger partial charge on any atom is 0.337 e. The lowest BCUT2D eigenvalue weighted by Crippen LogP contribution is -2.22. The molecule has 22 heavy (non-hydrogen) atoms. The van der Waals surface area contributed by atoms with Crippen molar-refractivity contribution >= 4 is 11.7 Å². The second-order valence-electron chi connectivity index (χ2n) is 4.79. The first kappa shape index (κ1) is 16.4. The van der Waals surface area contributed by atoms with Gasteiger partial charge in [0.1, 0.15) is 5.71 Å². The molecule has 7 nitrogen and oxygen atoms in total. The molecule has 0 N–H and O–H groups in total. The summed E-state index contributed by atoms with van der Waals surface area (Å²) in [6.45, 7) is 0.889. The van der Waals surface area contributed by atoms with Crippen molar-refractivity contribution in [3.8, 4) is 0 Å². The molecule has 1 aromatic heterocycles. The molecule has 2 rings (SSSR count). The Bertz CT molecular complexity index is 526. The third-order valence-corrected chi connectivity index (χ3v) is 3.18. The SMILES string of the molecule is COC/C(=N\OC1CCCCO1)c1cc(C(=O)OC)ccn1. The van der Waals surface area contributed by atoms with Crippen LogP contribution >= 0.6 is 0 Å². The molecule has 120 valence electrons. The Balaban J connectivity index is 2.13. The molecule has 1 unspecified atom stereocenters. The van der Waals surface area contributed by atoms with Crippen LogP contribution in [-0.2, 0) is 19.0 Å². The Morgan fingerprint density at radius 1 is 1.45 bits per heavy atom. The summed E-state index contributed by atoms with van der Waals surface area (Å²) < 4.78 is 15.3. The molecule has 0 aromatic carbocycles. The maximum atomic E-state index is 11.6. The molecule has 1 saturated heterocycles. The van der Waals surface area contributed by atoms with Crippen LogP contribution in [0.3, 0.4) is 0 Å². The number of esters is 1. The molecule has 7 heteroatoms. The van der Waals surface area contributed by atoms with Crippen molar-refractivity contribution in [2.24, 2.45) is 5.16 Å². The molecule has 2 heterocycles. The van der Waals surface area contributed by atoms with E-state index >= 15 is 0 Å². The predicted octanol–water partition coefficient (Wildman–Crippen LogP) is 1.76. The van der Waals surface area contributed by atoms with E-state index in [0.29, 0.717) is 23.6 Å². The summed E-state index contributed by atoms with van der Waals surface area (Å²) in [5.74, 6) is -0.433. The van der Waals surface area contributed by atoms with Gasteiger partial charge in [-0.1, -0.05) is 5.16 Å². The van der Waals surface area contributed by atoms with E-state index in [4.69, 9.17) is 19.0 Å². The first-order valence-electron chi connectivity index (χ1n) is 7.12. The van der Waals surface area contributed by atoms with E-state index in [9.17, 15) is 4.79 Å². The third kappa shape index (κ3) is 4.51.